The Morgan fingerprint density at radius 1 is 1.31 bits per heavy atom. The minimum Gasteiger partial charge on any atom is -0.348 e. The van der Waals surface area contributed by atoms with Crippen LogP contribution in [0.25, 0.3) is 0 Å². The predicted octanol–water partition coefficient (Wildman–Crippen LogP) is 0.229. The van der Waals surface area contributed by atoms with E-state index >= 15 is 0 Å². The lowest BCUT2D eigenvalue weighted by Gasteiger charge is -2.10. The Kier molecular flexibility index (Phi) is 2.21. The van der Waals surface area contributed by atoms with Gasteiger partial charge in [0.15, 0.2) is 11.4 Å². The van der Waals surface area contributed by atoms with Gasteiger partial charge in [0, 0.05) is 21.1 Å². The monoisotopic (exact) mass is 175 g/mol. The predicted molar refractivity (Wildman–Crippen MR) is 47.0 cm³/mol. The van der Waals surface area contributed by atoms with Crippen LogP contribution in [0, 0.1) is 22.7 Å². The summed E-state index contributed by atoms with van der Waals surface area (Å²) in [5.74, 6) is 0.605. The van der Waals surface area contributed by atoms with Crippen molar-refractivity contribution in [1.82, 2.24) is 9.55 Å². The highest BCUT2D eigenvalue weighted by molar-refractivity contribution is 5.45. The summed E-state index contributed by atoms with van der Waals surface area (Å²) in [5, 5.41) is 17.4. The quantitative estimate of drug-likeness (QED) is 0.612. The second-order valence-corrected chi connectivity index (χ2v) is 2.79. The molecule has 0 aromatic carbocycles. The lowest BCUT2D eigenvalue weighted by Crippen LogP contribution is -2.14. The van der Waals surface area contributed by atoms with Gasteiger partial charge in [0.2, 0.25) is 5.95 Å². The molecule has 0 saturated carbocycles. The zero-order valence-corrected chi connectivity index (χ0v) is 7.74. The number of aromatic nitrogens is 2. The third-order valence-corrected chi connectivity index (χ3v) is 1.68. The molecule has 1 aromatic rings. The van der Waals surface area contributed by atoms with Gasteiger partial charge in [0.05, 0.1) is 0 Å². The second-order valence-electron chi connectivity index (χ2n) is 2.79. The maximum atomic E-state index is 8.75. The maximum Gasteiger partial charge on any atom is 0.207 e. The molecule has 0 radical (unpaired) electrons. The standard InChI is InChI=1S/C8H9N5/c1-12(2)8-11-6(4-9)7(5-10)13(8)3/h1-3H3. The van der Waals surface area contributed by atoms with E-state index in [1.165, 1.54) is 0 Å². The average molecular weight is 175 g/mol. The Bertz CT molecular complexity index is 401. The molecule has 13 heavy (non-hydrogen) atoms. The Morgan fingerprint density at radius 2 is 1.92 bits per heavy atom. The van der Waals surface area contributed by atoms with Gasteiger partial charge in [-0.2, -0.15) is 10.5 Å². The van der Waals surface area contributed by atoms with Crippen LogP contribution in [0.1, 0.15) is 11.4 Å². The van der Waals surface area contributed by atoms with Gasteiger partial charge in [-0.1, -0.05) is 0 Å². The largest absolute Gasteiger partial charge is 0.348 e. The summed E-state index contributed by atoms with van der Waals surface area (Å²) < 4.78 is 1.60. The molecule has 0 aliphatic heterocycles. The summed E-state index contributed by atoms with van der Waals surface area (Å²) in [5.41, 5.74) is 0.472. The first-order chi connectivity index (χ1) is 6.11. The molecule has 0 N–H and O–H groups in total. The molecule has 5 nitrogen and oxygen atoms in total. The molecule has 0 unspecified atom stereocenters. The molecule has 1 heterocycles. The van der Waals surface area contributed by atoms with E-state index in [1.807, 2.05) is 26.2 Å². The summed E-state index contributed by atoms with van der Waals surface area (Å²) in [7, 11) is 5.33. The molecule has 0 fully saturated rings. The summed E-state index contributed by atoms with van der Waals surface area (Å²) in [6.07, 6.45) is 0. The van der Waals surface area contributed by atoms with Gasteiger partial charge in [-0.3, -0.25) is 0 Å². The van der Waals surface area contributed by atoms with Gasteiger partial charge in [0.25, 0.3) is 0 Å². The fourth-order valence-electron chi connectivity index (χ4n) is 1.09. The summed E-state index contributed by atoms with van der Waals surface area (Å²) in [6, 6.07) is 3.82. The van der Waals surface area contributed by atoms with E-state index < -0.39 is 0 Å². The number of imidazole rings is 1. The number of nitriles is 2. The van der Waals surface area contributed by atoms with E-state index in [1.54, 1.807) is 16.5 Å². The van der Waals surface area contributed by atoms with Crippen molar-refractivity contribution in [3.05, 3.63) is 11.4 Å². The van der Waals surface area contributed by atoms with Crippen LogP contribution in [0.4, 0.5) is 5.95 Å². The molecule has 0 bridgehead atoms. The number of anilines is 1. The van der Waals surface area contributed by atoms with E-state index in [2.05, 4.69) is 4.98 Å². The number of rotatable bonds is 1. The second kappa shape index (κ2) is 3.16. The topological polar surface area (TPSA) is 68.6 Å². The van der Waals surface area contributed by atoms with E-state index in [0.717, 1.165) is 0 Å². The third kappa shape index (κ3) is 1.32. The molecular formula is C8H9N5. The smallest absolute Gasteiger partial charge is 0.207 e. The fourth-order valence-corrected chi connectivity index (χ4v) is 1.09. The molecule has 1 rings (SSSR count). The minimum atomic E-state index is 0.175. The van der Waals surface area contributed by atoms with Crippen molar-refractivity contribution < 1.29 is 0 Å². The third-order valence-electron chi connectivity index (χ3n) is 1.68. The van der Waals surface area contributed by atoms with E-state index in [-0.39, 0.29) is 5.69 Å². The lowest BCUT2D eigenvalue weighted by atomic mass is 10.4. The molecule has 1 aromatic heterocycles. The molecule has 0 aliphatic rings. The highest BCUT2D eigenvalue weighted by Crippen LogP contribution is 2.14. The van der Waals surface area contributed by atoms with Crippen LogP contribution < -0.4 is 4.90 Å². The molecule has 0 saturated heterocycles. The SMILES string of the molecule is CN(C)c1nc(C#N)c(C#N)n1C. The first-order valence-electron chi connectivity index (χ1n) is 3.66. The highest BCUT2D eigenvalue weighted by atomic mass is 15.3. The number of hydrogen-bond acceptors (Lipinski definition) is 4. The van der Waals surface area contributed by atoms with Crippen molar-refractivity contribution >= 4 is 5.95 Å². The number of nitrogens with zero attached hydrogens (tertiary/aromatic N) is 5. The van der Waals surface area contributed by atoms with Crippen LogP contribution in [0.5, 0.6) is 0 Å². The van der Waals surface area contributed by atoms with Crippen LogP contribution in [0.2, 0.25) is 0 Å². The van der Waals surface area contributed by atoms with Gasteiger partial charge < -0.3 is 9.47 Å². The first kappa shape index (κ1) is 9.08. The van der Waals surface area contributed by atoms with E-state index in [9.17, 15) is 0 Å². The maximum absolute atomic E-state index is 8.75. The van der Waals surface area contributed by atoms with Crippen molar-refractivity contribution in [1.29, 1.82) is 10.5 Å². The van der Waals surface area contributed by atoms with Gasteiger partial charge in [-0.15, -0.1) is 0 Å². The molecule has 0 atom stereocenters. The molecule has 0 amide bonds. The summed E-state index contributed by atoms with van der Waals surface area (Å²) in [6.45, 7) is 0. The molecule has 5 heteroatoms. The van der Waals surface area contributed by atoms with Crippen molar-refractivity contribution in [2.24, 2.45) is 7.05 Å². The van der Waals surface area contributed by atoms with Crippen LogP contribution in [0.15, 0.2) is 0 Å². The van der Waals surface area contributed by atoms with Crippen LogP contribution in [0.3, 0.4) is 0 Å². The van der Waals surface area contributed by atoms with E-state index in [4.69, 9.17) is 10.5 Å². The number of hydrogen-bond donors (Lipinski definition) is 0. The highest BCUT2D eigenvalue weighted by Gasteiger charge is 2.14. The molecule has 66 valence electrons. The zero-order valence-electron chi connectivity index (χ0n) is 7.74. The molecule has 0 aliphatic carbocycles. The summed E-state index contributed by atoms with van der Waals surface area (Å²) in [4.78, 5) is 5.76. The van der Waals surface area contributed by atoms with Gasteiger partial charge in [-0.05, 0) is 0 Å². The summed E-state index contributed by atoms with van der Waals surface area (Å²) >= 11 is 0. The normalized spacial score (nSPS) is 9.00. The van der Waals surface area contributed by atoms with Crippen molar-refractivity contribution in [2.75, 3.05) is 19.0 Å². The molecule has 0 spiro atoms. The Balaban J connectivity index is 3.39. The van der Waals surface area contributed by atoms with Crippen LogP contribution >= 0.6 is 0 Å². The van der Waals surface area contributed by atoms with Crippen molar-refractivity contribution in [2.45, 2.75) is 0 Å². The van der Waals surface area contributed by atoms with E-state index in [0.29, 0.717) is 11.6 Å². The zero-order chi connectivity index (χ0) is 10.0. The Morgan fingerprint density at radius 3 is 2.23 bits per heavy atom. The van der Waals surface area contributed by atoms with Gasteiger partial charge in [-0.25, -0.2) is 4.98 Å². The van der Waals surface area contributed by atoms with Crippen molar-refractivity contribution in [3.63, 3.8) is 0 Å². The van der Waals surface area contributed by atoms with Gasteiger partial charge in [0.1, 0.15) is 12.1 Å². The molecular weight excluding hydrogens is 166 g/mol. The first-order valence-corrected chi connectivity index (χ1v) is 3.66. The Hall–Kier alpha value is -2.01. The minimum absolute atomic E-state index is 0.175. The van der Waals surface area contributed by atoms with Crippen molar-refractivity contribution in [3.8, 4) is 12.1 Å². The Labute approximate surface area is 76.4 Å². The average Bonchev–Trinajstić information content (AvgIpc) is 2.41. The lowest BCUT2D eigenvalue weighted by molar-refractivity contribution is 0.855. The van der Waals surface area contributed by atoms with Gasteiger partial charge >= 0.3 is 0 Å². The van der Waals surface area contributed by atoms with Crippen LogP contribution in [-0.4, -0.2) is 23.6 Å². The fraction of sp³-hybridized carbons (Fsp3) is 0.375. The van der Waals surface area contributed by atoms with Crippen LogP contribution in [-0.2, 0) is 7.05 Å².